The maximum absolute atomic E-state index is 3.46. The zero-order valence-electron chi connectivity index (χ0n) is 11.2. The first kappa shape index (κ1) is 14.9. The molecule has 2 heteroatoms. The molecule has 0 aliphatic rings. The fourth-order valence-corrected chi connectivity index (χ4v) is 1.88. The van der Waals surface area contributed by atoms with Crippen molar-refractivity contribution in [2.24, 2.45) is 0 Å². The number of unbranched alkanes of at least 4 members (excludes halogenated alkanes) is 1. The second-order valence-corrected chi connectivity index (χ2v) is 4.39. The monoisotopic (exact) mass is 214 g/mol. The van der Waals surface area contributed by atoms with Gasteiger partial charge in [0.15, 0.2) is 0 Å². The summed E-state index contributed by atoms with van der Waals surface area (Å²) in [6.07, 6.45) is 5.28. The average Bonchev–Trinajstić information content (AvgIpc) is 2.23. The van der Waals surface area contributed by atoms with Crippen LogP contribution in [0.15, 0.2) is 0 Å². The van der Waals surface area contributed by atoms with Crippen LogP contribution in [0, 0.1) is 0 Å². The lowest BCUT2D eigenvalue weighted by Crippen LogP contribution is -2.29. The molecule has 0 aromatic heterocycles. The van der Waals surface area contributed by atoms with Crippen molar-refractivity contribution in [1.82, 2.24) is 10.2 Å². The van der Waals surface area contributed by atoms with Gasteiger partial charge in [-0.2, -0.15) is 0 Å². The van der Waals surface area contributed by atoms with Gasteiger partial charge in [0, 0.05) is 6.04 Å². The Morgan fingerprint density at radius 2 is 1.73 bits per heavy atom. The summed E-state index contributed by atoms with van der Waals surface area (Å²) in [5.41, 5.74) is 0. The highest BCUT2D eigenvalue weighted by molar-refractivity contribution is 4.62. The smallest absolute Gasteiger partial charge is 0.00390 e. The van der Waals surface area contributed by atoms with E-state index in [-0.39, 0.29) is 0 Å². The Kier molecular flexibility index (Phi) is 10.4. The molecule has 0 aliphatic heterocycles. The van der Waals surface area contributed by atoms with Crippen molar-refractivity contribution >= 4 is 0 Å². The molecule has 1 unspecified atom stereocenters. The van der Waals surface area contributed by atoms with Gasteiger partial charge in [-0.1, -0.05) is 27.2 Å². The molecule has 0 bridgehead atoms. The summed E-state index contributed by atoms with van der Waals surface area (Å²) in [4.78, 5) is 2.57. The van der Waals surface area contributed by atoms with Crippen LogP contribution in [0.1, 0.15) is 53.4 Å². The number of rotatable bonds is 10. The highest BCUT2D eigenvalue weighted by atomic mass is 15.1. The van der Waals surface area contributed by atoms with E-state index in [4.69, 9.17) is 0 Å². The van der Waals surface area contributed by atoms with E-state index in [1.807, 2.05) is 0 Å². The Balaban J connectivity index is 3.44. The third-order valence-corrected chi connectivity index (χ3v) is 2.94. The summed E-state index contributed by atoms with van der Waals surface area (Å²) in [5, 5.41) is 3.46. The molecular formula is C13H30N2. The first-order valence-electron chi connectivity index (χ1n) is 6.70. The molecule has 15 heavy (non-hydrogen) atoms. The molecule has 0 saturated carbocycles. The lowest BCUT2D eigenvalue weighted by atomic mass is 10.1. The molecule has 0 radical (unpaired) electrons. The Morgan fingerprint density at radius 1 is 1.07 bits per heavy atom. The third-order valence-electron chi connectivity index (χ3n) is 2.94. The average molecular weight is 214 g/mol. The molecule has 0 spiro atoms. The van der Waals surface area contributed by atoms with E-state index in [2.05, 4.69) is 37.9 Å². The van der Waals surface area contributed by atoms with Crippen molar-refractivity contribution in [1.29, 1.82) is 0 Å². The first-order chi connectivity index (χ1) is 7.24. The van der Waals surface area contributed by atoms with Crippen LogP contribution >= 0.6 is 0 Å². The molecule has 0 heterocycles. The van der Waals surface area contributed by atoms with Gasteiger partial charge in [-0.15, -0.1) is 0 Å². The minimum atomic E-state index is 0.680. The molecule has 92 valence electrons. The normalized spacial score (nSPS) is 13.4. The van der Waals surface area contributed by atoms with Gasteiger partial charge in [-0.25, -0.2) is 0 Å². The number of hydrogen-bond acceptors (Lipinski definition) is 2. The number of nitrogens with one attached hydrogen (secondary N) is 1. The van der Waals surface area contributed by atoms with E-state index >= 15 is 0 Å². The van der Waals surface area contributed by atoms with E-state index in [0.717, 1.165) is 6.54 Å². The summed E-state index contributed by atoms with van der Waals surface area (Å²) in [7, 11) is 0. The van der Waals surface area contributed by atoms with Gasteiger partial charge in [0.2, 0.25) is 0 Å². The lowest BCUT2D eigenvalue weighted by Gasteiger charge is -2.21. The summed E-state index contributed by atoms with van der Waals surface area (Å²) >= 11 is 0. The highest BCUT2D eigenvalue weighted by Crippen LogP contribution is 2.01. The molecule has 0 aromatic rings. The van der Waals surface area contributed by atoms with Gasteiger partial charge < -0.3 is 10.2 Å². The standard InChI is InChI=1S/C13H30N2/c1-5-8-11-15(7-3)12-9-10-13(4)14-6-2/h13-14H,5-12H2,1-4H3. The highest BCUT2D eigenvalue weighted by Gasteiger charge is 2.03. The summed E-state index contributed by atoms with van der Waals surface area (Å²) in [6.45, 7) is 13.8. The zero-order chi connectivity index (χ0) is 11.5. The second-order valence-electron chi connectivity index (χ2n) is 4.39. The predicted molar refractivity (Wildman–Crippen MR) is 69.4 cm³/mol. The fourth-order valence-electron chi connectivity index (χ4n) is 1.88. The topological polar surface area (TPSA) is 15.3 Å². The minimum absolute atomic E-state index is 0.680. The molecular weight excluding hydrogens is 184 g/mol. The lowest BCUT2D eigenvalue weighted by molar-refractivity contribution is 0.272. The van der Waals surface area contributed by atoms with Crippen LogP contribution in [0.25, 0.3) is 0 Å². The molecule has 0 rings (SSSR count). The third kappa shape index (κ3) is 8.88. The van der Waals surface area contributed by atoms with E-state index in [1.165, 1.54) is 45.3 Å². The Hall–Kier alpha value is -0.0800. The fraction of sp³-hybridized carbons (Fsp3) is 1.00. The van der Waals surface area contributed by atoms with E-state index in [1.54, 1.807) is 0 Å². The van der Waals surface area contributed by atoms with Crippen LogP contribution in [0.5, 0.6) is 0 Å². The van der Waals surface area contributed by atoms with Crippen molar-refractivity contribution in [3.63, 3.8) is 0 Å². The second kappa shape index (κ2) is 10.4. The number of nitrogens with zero attached hydrogens (tertiary/aromatic N) is 1. The quantitative estimate of drug-likeness (QED) is 0.601. The van der Waals surface area contributed by atoms with Crippen molar-refractivity contribution in [3.05, 3.63) is 0 Å². The molecule has 0 saturated heterocycles. The van der Waals surface area contributed by atoms with Gasteiger partial charge in [-0.05, 0) is 52.4 Å². The molecule has 1 N–H and O–H groups in total. The van der Waals surface area contributed by atoms with Crippen LogP contribution in [-0.2, 0) is 0 Å². The summed E-state index contributed by atoms with van der Waals surface area (Å²) < 4.78 is 0. The maximum atomic E-state index is 3.46. The maximum Gasteiger partial charge on any atom is 0.00390 e. The number of hydrogen-bond donors (Lipinski definition) is 1. The minimum Gasteiger partial charge on any atom is -0.315 e. The van der Waals surface area contributed by atoms with Crippen molar-refractivity contribution in [3.8, 4) is 0 Å². The van der Waals surface area contributed by atoms with Gasteiger partial charge in [0.1, 0.15) is 0 Å². The van der Waals surface area contributed by atoms with Crippen LogP contribution in [0.3, 0.4) is 0 Å². The Morgan fingerprint density at radius 3 is 2.27 bits per heavy atom. The largest absolute Gasteiger partial charge is 0.315 e. The van der Waals surface area contributed by atoms with Crippen LogP contribution in [0.4, 0.5) is 0 Å². The Bertz CT molecular complexity index is 126. The molecule has 2 nitrogen and oxygen atoms in total. The van der Waals surface area contributed by atoms with E-state index in [9.17, 15) is 0 Å². The SMILES string of the molecule is CCCCN(CC)CCCC(C)NCC. The molecule has 0 fully saturated rings. The van der Waals surface area contributed by atoms with Crippen molar-refractivity contribution in [2.75, 3.05) is 26.2 Å². The van der Waals surface area contributed by atoms with Crippen molar-refractivity contribution < 1.29 is 0 Å². The molecule has 0 aliphatic carbocycles. The van der Waals surface area contributed by atoms with Gasteiger partial charge in [0.05, 0.1) is 0 Å². The van der Waals surface area contributed by atoms with Crippen LogP contribution in [-0.4, -0.2) is 37.1 Å². The van der Waals surface area contributed by atoms with Gasteiger partial charge >= 0.3 is 0 Å². The predicted octanol–water partition coefficient (Wildman–Crippen LogP) is 2.89. The van der Waals surface area contributed by atoms with Gasteiger partial charge in [-0.3, -0.25) is 0 Å². The zero-order valence-corrected chi connectivity index (χ0v) is 11.2. The molecule has 0 amide bonds. The first-order valence-corrected chi connectivity index (χ1v) is 6.70. The van der Waals surface area contributed by atoms with E-state index in [0.29, 0.717) is 6.04 Å². The van der Waals surface area contributed by atoms with E-state index < -0.39 is 0 Å². The van der Waals surface area contributed by atoms with Crippen molar-refractivity contribution in [2.45, 2.75) is 59.4 Å². The Labute approximate surface area is 96.4 Å². The molecule has 1 atom stereocenters. The summed E-state index contributed by atoms with van der Waals surface area (Å²) in [6, 6.07) is 0.680. The van der Waals surface area contributed by atoms with Crippen LogP contribution in [0.2, 0.25) is 0 Å². The van der Waals surface area contributed by atoms with Crippen LogP contribution < -0.4 is 5.32 Å². The summed E-state index contributed by atoms with van der Waals surface area (Å²) in [5.74, 6) is 0. The van der Waals surface area contributed by atoms with Gasteiger partial charge in [0.25, 0.3) is 0 Å². The molecule has 0 aromatic carbocycles.